The molecule has 3 heteroatoms. The monoisotopic (exact) mass is 281 g/mol. The van der Waals surface area contributed by atoms with E-state index in [1.807, 2.05) is 0 Å². The molecule has 0 aliphatic heterocycles. The zero-order chi connectivity index (χ0) is 6.69. The van der Waals surface area contributed by atoms with Crippen molar-refractivity contribution in [1.82, 2.24) is 0 Å². The molecule has 0 amide bonds. The van der Waals surface area contributed by atoms with E-state index in [2.05, 4.69) is 26.0 Å². The van der Waals surface area contributed by atoms with Crippen molar-refractivity contribution in [2.75, 3.05) is 0 Å². The Labute approximate surface area is 107 Å². The van der Waals surface area contributed by atoms with Gasteiger partial charge in [-0.3, -0.25) is 0 Å². The number of hydrogen-bond acceptors (Lipinski definition) is 0. The van der Waals surface area contributed by atoms with Crippen LogP contribution < -0.4 is 24.8 Å². The van der Waals surface area contributed by atoms with Gasteiger partial charge in [0, 0.05) is 0 Å². The first kappa shape index (κ1) is 18.7. The third-order valence-corrected chi connectivity index (χ3v) is 1.55. The van der Waals surface area contributed by atoms with Gasteiger partial charge in [-0.15, -0.1) is 0 Å². The first-order valence-electron chi connectivity index (χ1n) is 3.61. The van der Waals surface area contributed by atoms with E-state index in [1.54, 1.807) is 0 Å². The topological polar surface area (TPSA) is 0 Å². The van der Waals surface area contributed by atoms with Crippen LogP contribution in [0.3, 0.4) is 0 Å². The molecule has 0 aromatic heterocycles. The molecule has 1 aliphatic carbocycles. The maximum Gasteiger partial charge on any atom is 3.00 e. The van der Waals surface area contributed by atoms with E-state index in [0.717, 1.165) is 6.42 Å². The van der Waals surface area contributed by atoms with E-state index < -0.39 is 0 Å². The van der Waals surface area contributed by atoms with Gasteiger partial charge < -0.3 is 24.8 Å². The van der Waals surface area contributed by atoms with Gasteiger partial charge in [-0.05, 0) is 0 Å². The Kier molecular flexibility index (Phi) is 15.6. The van der Waals surface area contributed by atoms with E-state index in [0.29, 0.717) is 0 Å². The molecule has 0 atom stereocenters. The third kappa shape index (κ3) is 6.46. The van der Waals surface area contributed by atoms with Crippen LogP contribution in [0.4, 0.5) is 0 Å². The zero-order valence-corrected chi connectivity index (χ0v) is 11.4. The summed E-state index contributed by atoms with van der Waals surface area (Å²) in [6.45, 7) is 4.34. The molecular formula is C9H13Cl2Zr. The quantitative estimate of drug-likeness (QED) is 0.470. The minimum atomic E-state index is 0. The molecule has 0 aromatic carbocycles. The molecule has 12 heavy (non-hydrogen) atoms. The Balaban J connectivity index is -0.000000270. The third-order valence-electron chi connectivity index (χ3n) is 1.55. The zero-order valence-electron chi connectivity index (χ0n) is 7.45. The SMILES string of the molecule is CCCC1=CCC(C)=[C-]1.[Cl-].[Cl-].[Zr+3]. The minimum Gasteiger partial charge on any atom is -1.00 e. The van der Waals surface area contributed by atoms with Gasteiger partial charge in [0.05, 0.1) is 0 Å². The normalized spacial score (nSPS) is 13.2. The Morgan fingerprint density at radius 2 is 2.00 bits per heavy atom. The molecule has 1 rings (SSSR count). The fraction of sp³-hybridized carbons (Fsp3) is 0.556. The summed E-state index contributed by atoms with van der Waals surface area (Å²) in [5, 5.41) is 0. The smallest absolute Gasteiger partial charge is 1.00 e. The van der Waals surface area contributed by atoms with Gasteiger partial charge in [0.1, 0.15) is 0 Å². The molecule has 67 valence electrons. The first-order chi connectivity index (χ1) is 4.33. The van der Waals surface area contributed by atoms with E-state index in [-0.39, 0.29) is 51.0 Å². The minimum absolute atomic E-state index is 0. The summed E-state index contributed by atoms with van der Waals surface area (Å²) in [7, 11) is 0. The fourth-order valence-corrected chi connectivity index (χ4v) is 1.09. The Morgan fingerprint density at radius 1 is 1.42 bits per heavy atom. The van der Waals surface area contributed by atoms with Crippen LogP contribution in [0.15, 0.2) is 17.2 Å². The molecule has 0 aromatic rings. The Morgan fingerprint density at radius 3 is 2.33 bits per heavy atom. The van der Waals surface area contributed by atoms with Gasteiger partial charge in [-0.25, -0.2) is 17.7 Å². The summed E-state index contributed by atoms with van der Waals surface area (Å²) in [6.07, 6.45) is 9.19. The second-order valence-corrected chi connectivity index (χ2v) is 2.59. The number of halogens is 2. The summed E-state index contributed by atoms with van der Waals surface area (Å²) in [4.78, 5) is 0. The van der Waals surface area contributed by atoms with Gasteiger partial charge in [-0.2, -0.15) is 5.57 Å². The van der Waals surface area contributed by atoms with E-state index in [4.69, 9.17) is 0 Å². The Bertz CT molecular complexity index is 162. The van der Waals surface area contributed by atoms with Crippen LogP contribution in [0.1, 0.15) is 33.1 Å². The van der Waals surface area contributed by atoms with Gasteiger partial charge in [0.2, 0.25) is 0 Å². The van der Waals surface area contributed by atoms with Crippen LogP contribution in [-0.2, 0) is 26.2 Å². The van der Waals surface area contributed by atoms with Gasteiger partial charge in [-0.1, -0.05) is 33.1 Å². The van der Waals surface area contributed by atoms with Crippen molar-refractivity contribution in [1.29, 1.82) is 0 Å². The molecule has 0 nitrogen and oxygen atoms in total. The number of hydrogen-bond donors (Lipinski definition) is 0. The predicted octanol–water partition coefficient (Wildman–Crippen LogP) is -3.13. The standard InChI is InChI=1S/C9H13.2ClH.Zr/c1-3-4-9-6-5-8(2)7-9;;;/h6H,3-5H2,1-2H3;2*1H;/q-1;;;+3/p-2. The Hall–Kier alpha value is 0.943. The maximum absolute atomic E-state index is 3.33. The molecule has 0 heterocycles. The van der Waals surface area contributed by atoms with Gasteiger partial charge in [0.25, 0.3) is 0 Å². The summed E-state index contributed by atoms with van der Waals surface area (Å²) in [6, 6.07) is 0. The van der Waals surface area contributed by atoms with Crippen molar-refractivity contribution in [3.05, 3.63) is 23.3 Å². The van der Waals surface area contributed by atoms with Crippen molar-refractivity contribution in [3.8, 4) is 0 Å². The van der Waals surface area contributed by atoms with Crippen LogP contribution >= 0.6 is 0 Å². The van der Waals surface area contributed by atoms with Crippen molar-refractivity contribution < 1.29 is 51.0 Å². The fourth-order valence-electron chi connectivity index (χ4n) is 1.09. The first-order valence-corrected chi connectivity index (χ1v) is 3.61. The molecule has 0 fully saturated rings. The number of rotatable bonds is 2. The summed E-state index contributed by atoms with van der Waals surface area (Å²) < 4.78 is 0. The average molecular weight is 283 g/mol. The van der Waals surface area contributed by atoms with Gasteiger partial charge >= 0.3 is 26.2 Å². The van der Waals surface area contributed by atoms with Gasteiger partial charge in [0.15, 0.2) is 0 Å². The molecule has 0 bridgehead atoms. The largest absolute Gasteiger partial charge is 3.00 e. The van der Waals surface area contributed by atoms with E-state index >= 15 is 0 Å². The van der Waals surface area contributed by atoms with Crippen LogP contribution in [0, 0.1) is 6.08 Å². The number of allylic oxidation sites excluding steroid dienone is 4. The summed E-state index contributed by atoms with van der Waals surface area (Å²) in [5.74, 6) is 0. The molecule has 0 N–H and O–H groups in total. The van der Waals surface area contributed by atoms with E-state index in [9.17, 15) is 0 Å². The van der Waals surface area contributed by atoms with Crippen LogP contribution in [0.5, 0.6) is 0 Å². The molecular weight excluding hydrogens is 270 g/mol. The van der Waals surface area contributed by atoms with E-state index in [1.165, 1.54) is 24.0 Å². The summed E-state index contributed by atoms with van der Waals surface area (Å²) in [5.41, 5.74) is 2.80. The van der Waals surface area contributed by atoms with Crippen molar-refractivity contribution >= 4 is 0 Å². The van der Waals surface area contributed by atoms with Crippen LogP contribution in [0.25, 0.3) is 0 Å². The molecule has 1 aliphatic rings. The van der Waals surface area contributed by atoms with Crippen molar-refractivity contribution in [2.24, 2.45) is 0 Å². The maximum atomic E-state index is 3.33. The predicted molar refractivity (Wildman–Crippen MR) is 40.0 cm³/mol. The molecule has 0 spiro atoms. The molecule has 0 saturated heterocycles. The average Bonchev–Trinajstić information content (AvgIpc) is 2.17. The van der Waals surface area contributed by atoms with Crippen LogP contribution in [0.2, 0.25) is 0 Å². The van der Waals surface area contributed by atoms with Crippen molar-refractivity contribution in [2.45, 2.75) is 33.1 Å². The second kappa shape index (κ2) is 10.0. The van der Waals surface area contributed by atoms with Crippen LogP contribution in [-0.4, -0.2) is 0 Å². The second-order valence-electron chi connectivity index (χ2n) is 2.59. The summed E-state index contributed by atoms with van der Waals surface area (Å²) >= 11 is 0. The molecule has 1 radical (unpaired) electrons. The van der Waals surface area contributed by atoms with Crippen molar-refractivity contribution in [3.63, 3.8) is 0 Å². The molecule has 0 saturated carbocycles. The molecule has 0 unspecified atom stereocenters.